The van der Waals surface area contributed by atoms with Gasteiger partial charge in [0.05, 0.1) is 12.2 Å². The van der Waals surface area contributed by atoms with Crippen LogP contribution in [0.15, 0.2) is 33.8 Å². The first-order valence-corrected chi connectivity index (χ1v) is 10.6. The standard InChI is InChI=1S/C21H28Cl2N4O2/c1-14(2)19-11-16(29-27-19)12-25-20(24-3)26-13-21(6-8-28-9-7-21)17-5-4-15(22)10-18(17)23/h4-5,10-11,14H,6-9,12-13H2,1-3H3,(H2,24,25,26). The molecule has 158 valence electrons. The zero-order chi connectivity index (χ0) is 20.9. The highest BCUT2D eigenvalue weighted by molar-refractivity contribution is 6.35. The van der Waals surface area contributed by atoms with E-state index in [9.17, 15) is 0 Å². The summed E-state index contributed by atoms with van der Waals surface area (Å²) in [6.45, 7) is 6.77. The normalized spacial score (nSPS) is 16.8. The Bertz CT molecular complexity index is 845. The van der Waals surface area contributed by atoms with Crippen LogP contribution < -0.4 is 10.6 Å². The molecule has 29 heavy (non-hydrogen) atoms. The molecule has 0 aliphatic carbocycles. The van der Waals surface area contributed by atoms with Gasteiger partial charge in [-0.1, -0.05) is 48.3 Å². The highest BCUT2D eigenvalue weighted by atomic mass is 35.5. The van der Waals surface area contributed by atoms with Crippen molar-refractivity contribution in [3.63, 3.8) is 0 Å². The Balaban J connectivity index is 1.67. The van der Waals surface area contributed by atoms with Crippen molar-refractivity contribution in [2.75, 3.05) is 26.8 Å². The van der Waals surface area contributed by atoms with Crippen LogP contribution in [0.3, 0.4) is 0 Å². The summed E-state index contributed by atoms with van der Waals surface area (Å²) in [5, 5.41) is 12.2. The molecule has 2 aromatic rings. The Hall–Kier alpha value is -1.76. The van der Waals surface area contributed by atoms with E-state index in [1.807, 2.05) is 18.2 Å². The monoisotopic (exact) mass is 438 g/mol. The first-order valence-electron chi connectivity index (χ1n) is 9.87. The van der Waals surface area contributed by atoms with Gasteiger partial charge >= 0.3 is 0 Å². The van der Waals surface area contributed by atoms with Gasteiger partial charge in [0.2, 0.25) is 0 Å². The molecule has 1 aliphatic heterocycles. The van der Waals surface area contributed by atoms with Gasteiger partial charge in [-0.2, -0.15) is 0 Å². The summed E-state index contributed by atoms with van der Waals surface area (Å²) >= 11 is 12.7. The van der Waals surface area contributed by atoms with Gasteiger partial charge in [0.15, 0.2) is 11.7 Å². The van der Waals surface area contributed by atoms with Crippen molar-refractivity contribution in [3.8, 4) is 0 Å². The molecular formula is C21H28Cl2N4O2. The van der Waals surface area contributed by atoms with Gasteiger partial charge in [-0.25, -0.2) is 0 Å². The molecular weight excluding hydrogens is 411 g/mol. The number of halogens is 2. The van der Waals surface area contributed by atoms with E-state index in [1.54, 1.807) is 13.1 Å². The van der Waals surface area contributed by atoms with Crippen molar-refractivity contribution in [2.45, 2.75) is 44.6 Å². The van der Waals surface area contributed by atoms with Crippen LogP contribution in [0.25, 0.3) is 0 Å². The van der Waals surface area contributed by atoms with Crippen LogP contribution in [-0.2, 0) is 16.7 Å². The number of rotatable bonds is 6. The number of aliphatic imine (C=N–C) groups is 1. The lowest BCUT2D eigenvalue weighted by Gasteiger charge is -2.38. The quantitative estimate of drug-likeness (QED) is 0.512. The maximum atomic E-state index is 6.55. The second kappa shape index (κ2) is 9.83. The second-order valence-corrected chi connectivity index (χ2v) is 8.51. The summed E-state index contributed by atoms with van der Waals surface area (Å²) in [6, 6.07) is 7.69. The molecule has 1 aliphatic rings. The van der Waals surface area contributed by atoms with Gasteiger partial charge in [0.1, 0.15) is 0 Å². The Morgan fingerprint density at radius 3 is 2.59 bits per heavy atom. The summed E-state index contributed by atoms with van der Waals surface area (Å²) < 4.78 is 11.0. The molecule has 0 atom stereocenters. The number of nitrogens with zero attached hydrogens (tertiary/aromatic N) is 2. The van der Waals surface area contributed by atoms with Crippen molar-refractivity contribution in [1.82, 2.24) is 15.8 Å². The lowest BCUT2D eigenvalue weighted by atomic mass is 9.74. The predicted molar refractivity (Wildman–Crippen MR) is 117 cm³/mol. The SMILES string of the molecule is CN=C(NCc1cc(C(C)C)no1)NCC1(c2ccc(Cl)cc2Cl)CCOCC1. The Morgan fingerprint density at radius 2 is 1.97 bits per heavy atom. The average Bonchev–Trinajstić information content (AvgIpc) is 3.18. The molecule has 1 saturated heterocycles. The molecule has 1 aromatic heterocycles. The van der Waals surface area contributed by atoms with E-state index in [4.69, 9.17) is 32.5 Å². The number of benzene rings is 1. The van der Waals surface area contributed by atoms with Crippen molar-refractivity contribution >= 4 is 29.2 Å². The molecule has 0 bridgehead atoms. The molecule has 1 aromatic carbocycles. The Labute approximate surface area is 182 Å². The highest BCUT2D eigenvalue weighted by Crippen LogP contribution is 2.39. The summed E-state index contributed by atoms with van der Waals surface area (Å²) in [6.07, 6.45) is 1.75. The van der Waals surface area contributed by atoms with Crippen molar-refractivity contribution in [1.29, 1.82) is 0 Å². The van der Waals surface area contributed by atoms with Crippen LogP contribution in [0, 0.1) is 0 Å². The lowest BCUT2D eigenvalue weighted by molar-refractivity contribution is 0.0514. The maximum Gasteiger partial charge on any atom is 0.191 e. The van der Waals surface area contributed by atoms with Crippen molar-refractivity contribution in [2.24, 2.45) is 4.99 Å². The number of nitrogens with one attached hydrogen (secondary N) is 2. The molecule has 3 rings (SSSR count). The summed E-state index contributed by atoms with van der Waals surface area (Å²) in [5.74, 6) is 1.81. The fourth-order valence-electron chi connectivity index (χ4n) is 3.55. The van der Waals surface area contributed by atoms with Crippen LogP contribution in [0.4, 0.5) is 0 Å². The molecule has 0 saturated carbocycles. The molecule has 8 heteroatoms. The number of aromatic nitrogens is 1. The topological polar surface area (TPSA) is 71.7 Å². The molecule has 1 fully saturated rings. The van der Waals surface area contributed by atoms with Gasteiger partial charge in [-0.3, -0.25) is 4.99 Å². The van der Waals surface area contributed by atoms with Crippen LogP contribution >= 0.6 is 23.2 Å². The molecule has 0 unspecified atom stereocenters. The number of guanidine groups is 1. The fraction of sp³-hybridized carbons (Fsp3) is 0.524. The maximum absolute atomic E-state index is 6.55. The third-order valence-corrected chi connectivity index (χ3v) is 5.92. The third-order valence-electron chi connectivity index (χ3n) is 5.37. The van der Waals surface area contributed by atoms with Crippen LogP contribution in [-0.4, -0.2) is 37.9 Å². The van der Waals surface area contributed by atoms with Crippen LogP contribution in [0.1, 0.15) is 49.6 Å². The van der Waals surface area contributed by atoms with Gasteiger partial charge in [-0.15, -0.1) is 0 Å². The summed E-state index contributed by atoms with van der Waals surface area (Å²) in [4.78, 5) is 4.34. The smallest absolute Gasteiger partial charge is 0.191 e. The Morgan fingerprint density at radius 1 is 1.21 bits per heavy atom. The minimum atomic E-state index is -0.144. The van der Waals surface area contributed by atoms with E-state index >= 15 is 0 Å². The molecule has 0 radical (unpaired) electrons. The summed E-state index contributed by atoms with van der Waals surface area (Å²) in [7, 11) is 1.75. The van der Waals surface area contributed by atoms with E-state index in [2.05, 4.69) is 34.6 Å². The van der Waals surface area contributed by atoms with Crippen molar-refractivity contribution in [3.05, 3.63) is 51.3 Å². The van der Waals surface area contributed by atoms with Gasteiger partial charge in [0, 0.05) is 48.3 Å². The van der Waals surface area contributed by atoms with E-state index in [1.165, 1.54) is 0 Å². The largest absolute Gasteiger partial charge is 0.381 e. The van der Waals surface area contributed by atoms with Crippen LogP contribution in [0.5, 0.6) is 0 Å². The summed E-state index contributed by atoms with van der Waals surface area (Å²) in [5.41, 5.74) is 1.89. The molecule has 0 spiro atoms. The Kier molecular flexibility index (Phi) is 7.44. The molecule has 2 heterocycles. The number of ether oxygens (including phenoxy) is 1. The molecule has 0 amide bonds. The minimum Gasteiger partial charge on any atom is -0.381 e. The van der Waals surface area contributed by atoms with Gasteiger partial charge in [-0.05, 0) is 36.5 Å². The second-order valence-electron chi connectivity index (χ2n) is 7.67. The predicted octanol–water partition coefficient (Wildman–Crippen LogP) is 4.52. The lowest BCUT2D eigenvalue weighted by Crippen LogP contribution is -2.48. The zero-order valence-corrected chi connectivity index (χ0v) is 18.6. The minimum absolute atomic E-state index is 0.144. The first-order chi connectivity index (χ1) is 13.9. The van der Waals surface area contributed by atoms with Crippen molar-refractivity contribution < 1.29 is 9.26 Å². The van der Waals surface area contributed by atoms with Gasteiger partial charge in [0.25, 0.3) is 0 Å². The third kappa shape index (κ3) is 5.44. The van der Waals surface area contributed by atoms with E-state index in [0.717, 1.165) is 29.9 Å². The molecule has 2 N–H and O–H groups in total. The molecule has 6 nitrogen and oxygen atoms in total. The van der Waals surface area contributed by atoms with Crippen LogP contribution in [0.2, 0.25) is 10.0 Å². The average molecular weight is 439 g/mol. The van der Waals surface area contributed by atoms with Gasteiger partial charge < -0.3 is 19.9 Å². The first kappa shape index (κ1) is 21.9. The number of hydrogen-bond donors (Lipinski definition) is 2. The number of hydrogen-bond acceptors (Lipinski definition) is 4. The van der Waals surface area contributed by atoms with E-state index in [-0.39, 0.29) is 5.41 Å². The van der Waals surface area contributed by atoms with E-state index < -0.39 is 0 Å². The highest BCUT2D eigenvalue weighted by Gasteiger charge is 2.36. The fourth-order valence-corrected chi connectivity index (χ4v) is 4.16. The van der Waals surface area contributed by atoms with E-state index in [0.29, 0.717) is 48.2 Å². The zero-order valence-electron chi connectivity index (χ0n) is 17.1.